The fourth-order valence-electron chi connectivity index (χ4n) is 8.14. The van der Waals surface area contributed by atoms with Gasteiger partial charge in [-0.2, -0.15) is 8.42 Å². The molecule has 4 saturated carbocycles. The number of benzene rings is 1. The van der Waals surface area contributed by atoms with Gasteiger partial charge in [-0.25, -0.2) is 4.39 Å². The van der Waals surface area contributed by atoms with Gasteiger partial charge in [0.2, 0.25) is 0 Å². The summed E-state index contributed by atoms with van der Waals surface area (Å²) in [5.41, 5.74) is 0.903. The van der Waals surface area contributed by atoms with Crippen LogP contribution in [0.25, 0.3) is 0 Å². The molecule has 4 aliphatic rings. The van der Waals surface area contributed by atoms with E-state index in [2.05, 4.69) is 13.8 Å². The number of halogens is 1. The summed E-state index contributed by atoms with van der Waals surface area (Å²) in [6, 6.07) is 4.94. The molecule has 4 aliphatic carbocycles. The maximum atomic E-state index is 13.2. The van der Waals surface area contributed by atoms with Gasteiger partial charge in [0.1, 0.15) is 5.82 Å². The molecule has 0 bridgehead atoms. The number of fused-ring (bicyclic) bond motifs is 5. The van der Waals surface area contributed by atoms with E-state index in [1.807, 2.05) is 0 Å². The van der Waals surface area contributed by atoms with Crippen LogP contribution in [0.15, 0.2) is 29.2 Å². The summed E-state index contributed by atoms with van der Waals surface area (Å²) in [6.45, 7) is 5.04. The second-order valence-corrected chi connectivity index (χ2v) is 12.7. The second-order valence-electron chi connectivity index (χ2n) is 11.1. The third-order valence-electron chi connectivity index (χ3n) is 9.76. The Bertz CT molecular complexity index is 897. The molecule has 7 atom stereocenters. The third-order valence-corrected chi connectivity index (χ3v) is 11.1. The minimum atomic E-state index is -3.84. The smallest absolute Gasteiger partial charge is 0.263 e. The van der Waals surface area contributed by atoms with Crippen LogP contribution in [0.3, 0.4) is 0 Å². The first-order chi connectivity index (χ1) is 14.2. The number of hydrogen-bond donors (Lipinski definition) is 0. The van der Waals surface area contributed by atoms with Gasteiger partial charge in [0.05, 0.1) is 11.0 Å². The van der Waals surface area contributed by atoms with Crippen LogP contribution in [0, 0.1) is 40.3 Å². The van der Waals surface area contributed by atoms with Crippen molar-refractivity contribution in [2.75, 3.05) is 0 Å². The van der Waals surface area contributed by atoms with E-state index in [0.717, 1.165) is 37.0 Å². The van der Waals surface area contributed by atoms with E-state index in [-0.39, 0.29) is 11.0 Å². The van der Waals surface area contributed by atoms with Crippen molar-refractivity contribution in [2.45, 2.75) is 89.1 Å². The highest BCUT2D eigenvalue weighted by molar-refractivity contribution is 7.86. The Morgan fingerprint density at radius 1 is 0.933 bits per heavy atom. The first kappa shape index (κ1) is 20.9. The van der Waals surface area contributed by atoms with Gasteiger partial charge in [0, 0.05) is 0 Å². The molecule has 166 valence electrons. The van der Waals surface area contributed by atoms with Crippen molar-refractivity contribution in [3.8, 4) is 0 Å². The lowest BCUT2D eigenvalue weighted by Gasteiger charge is -2.60. The van der Waals surface area contributed by atoms with Gasteiger partial charge >= 0.3 is 0 Å². The molecule has 0 N–H and O–H groups in total. The first-order valence-corrected chi connectivity index (χ1v) is 13.3. The summed E-state index contributed by atoms with van der Waals surface area (Å²) in [7, 11) is -3.84. The summed E-state index contributed by atoms with van der Waals surface area (Å²) in [5.74, 6) is 2.67. The van der Waals surface area contributed by atoms with Crippen molar-refractivity contribution < 1.29 is 17.0 Å². The molecule has 0 aliphatic heterocycles. The molecule has 0 heterocycles. The zero-order chi connectivity index (χ0) is 21.1. The molecule has 30 heavy (non-hydrogen) atoms. The zero-order valence-corrected chi connectivity index (χ0v) is 19.1. The predicted molar refractivity (Wildman–Crippen MR) is 115 cm³/mol. The minimum absolute atomic E-state index is 0.0498. The maximum Gasteiger partial charge on any atom is 0.297 e. The summed E-state index contributed by atoms with van der Waals surface area (Å²) in [4.78, 5) is 0.0498. The number of hydrogen-bond acceptors (Lipinski definition) is 3. The summed E-state index contributed by atoms with van der Waals surface area (Å²) in [6.07, 6.45) is 11.9. The largest absolute Gasteiger partial charge is 0.297 e. The Morgan fingerprint density at radius 3 is 2.47 bits per heavy atom. The second kappa shape index (κ2) is 7.30. The van der Waals surface area contributed by atoms with E-state index >= 15 is 0 Å². The molecule has 5 heteroatoms. The Morgan fingerprint density at radius 2 is 1.70 bits per heavy atom. The molecule has 0 saturated heterocycles. The van der Waals surface area contributed by atoms with Gasteiger partial charge in [0.25, 0.3) is 10.1 Å². The Hall–Kier alpha value is -0.940. The molecule has 4 fully saturated rings. The normalized spacial score (nSPS) is 43.5. The Balaban J connectivity index is 1.30. The minimum Gasteiger partial charge on any atom is -0.263 e. The fraction of sp³-hybridized carbons (Fsp3) is 0.760. The maximum absolute atomic E-state index is 13.2. The average molecular weight is 435 g/mol. The van der Waals surface area contributed by atoms with Crippen molar-refractivity contribution in [3.05, 3.63) is 30.1 Å². The van der Waals surface area contributed by atoms with E-state index in [1.165, 1.54) is 69.2 Å². The third kappa shape index (κ3) is 3.35. The van der Waals surface area contributed by atoms with Crippen molar-refractivity contribution in [1.82, 2.24) is 0 Å². The van der Waals surface area contributed by atoms with Crippen LogP contribution >= 0.6 is 0 Å². The van der Waals surface area contributed by atoms with Crippen LogP contribution in [0.1, 0.15) is 78.1 Å². The molecule has 0 spiro atoms. The Kier molecular flexibility index (Phi) is 5.09. The lowest BCUT2D eigenvalue weighted by Crippen LogP contribution is -2.53. The lowest BCUT2D eigenvalue weighted by molar-refractivity contribution is -0.117. The summed E-state index contributed by atoms with van der Waals surface area (Å²) in [5, 5.41) is 0. The predicted octanol–water partition coefficient (Wildman–Crippen LogP) is 6.33. The monoisotopic (exact) mass is 434 g/mol. The van der Waals surface area contributed by atoms with Crippen LogP contribution in [-0.2, 0) is 14.3 Å². The van der Waals surface area contributed by atoms with Crippen LogP contribution in [0.4, 0.5) is 4.39 Å². The van der Waals surface area contributed by atoms with Gasteiger partial charge < -0.3 is 0 Å². The Labute approximate surface area is 180 Å². The van der Waals surface area contributed by atoms with E-state index in [9.17, 15) is 12.8 Å². The molecule has 1 aromatic rings. The van der Waals surface area contributed by atoms with Gasteiger partial charge in [-0.15, -0.1) is 0 Å². The standard InChI is InChI=1S/C25H35FO3S/c1-24-13-3-4-22(24)21-10-5-17-16-19(11-15-25(17,2)23(21)12-14-24)29-30(27,28)20-8-6-18(26)7-9-20/h6-9,17,19,21-23H,3-5,10-16H2,1-2H3/t17-,19?,21?,22?,23?,24?,25?/m0/s1. The number of rotatable bonds is 3. The highest BCUT2D eigenvalue weighted by Crippen LogP contribution is 2.66. The van der Waals surface area contributed by atoms with E-state index in [1.54, 1.807) is 0 Å². The SMILES string of the molecule is CC12CCCC1C1CC[C@H]3CC(OS(=O)(=O)c4ccc(F)cc4)CCC3(C)C1CC2. The molecule has 1 aromatic carbocycles. The van der Waals surface area contributed by atoms with Gasteiger partial charge in [-0.3, -0.25) is 4.18 Å². The van der Waals surface area contributed by atoms with Crippen LogP contribution in [0.5, 0.6) is 0 Å². The van der Waals surface area contributed by atoms with Crippen molar-refractivity contribution >= 4 is 10.1 Å². The molecular formula is C25H35FO3S. The van der Waals surface area contributed by atoms with E-state index in [4.69, 9.17) is 4.18 Å². The molecule has 3 nitrogen and oxygen atoms in total. The van der Waals surface area contributed by atoms with E-state index in [0.29, 0.717) is 16.7 Å². The molecule has 5 rings (SSSR count). The quantitative estimate of drug-likeness (QED) is 0.522. The van der Waals surface area contributed by atoms with Crippen molar-refractivity contribution in [1.29, 1.82) is 0 Å². The molecule has 0 aromatic heterocycles. The topological polar surface area (TPSA) is 43.4 Å². The zero-order valence-electron chi connectivity index (χ0n) is 18.3. The van der Waals surface area contributed by atoms with Crippen LogP contribution in [0.2, 0.25) is 0 Å². The summed E-state index contributed by atoms with van der Waals surface area (Å²) >= 11 is 0. The van der Waals surface area contributed by atoms with Gasteiger partial charge in [-0.05, 0) is 117 Å². The summed E-state index contributed by atoms with van der Waals surface area (Å²) < 4.78 is 44.2. The highest BCUT2D eigenvalue weighted by atomic mass is 32.2. The van der Waals surface area contributed by atoms with Crippen molar-refractivity contribution in [2.24, 2.45) is 34.5 Å². The molecule has 0 amide bonds. The fourth-order valence-corrected chi connectivity index (χ4v) is 9.25. The first-order valence-electron chi connectivity index (χ1n) is 11.9. The van der Waals surface area contributed by atoms with Gasteiger partial charge in [0.15, 0.2) is 0 Å². The molecule has 0 radical (unpaired) electrons. The molecule has 6 unspecified atom stereocenters. The highest BCUT2D eigenvalue weighted by Gasteiger charge is 2.58. The van der Waals surface area contributed by atoms with Crippen molar-refractivity contribution in [3.63, 3.8) is 0 Å². The van der Waals surface area contributed by atoms with E-state index < -0.39 is 15.9 Å². The van der Waals surface area contributed by atoms with Crippen LogP contribution in [-0.4, -0.2) is 14.5 Å². The van der Waals surface area contributed by atoms with Gasteiger partial charge in [-0.1, -0.05) is 20.3 Å². The van der Waals surface area contributed by atoms with Crippen LogP contribution < -0.4 is 0 Å². The lowest BCUT2D eigenvalue weighted by atomic mass is 9.45. The average Bonchev–Trinajstić information content (AvgIpc) is 3.10. The molecular weight excluding hydrogens is 399 g/mol.